The highest BCUT2D eigenvalue weighted by Gasteiger charge is 2.19. The summed E-state index contributed by atoms with van der Waals surface area (Å²) in [6, 6.07) is 7.68. The molecule has 98 valence electrons. The van der Waals surface area contributed by atoms with E-state index in [4.69, 9.17) is 4.74 Å². The lowest BCUT2D eigenvalue weighted by Gasteiger charge is -2.21. The van der Waals surface area contributed by atoms with Crippen LogP contribution in [-0.4, -0.2) is 44.1 Å². The summed E-state index contributed by atoms with van der Waals surface area (Å²) in [6.45, 7) is 1.83. The van der Waals surface area contributed by atoms with E-state index in [2.05, 4.69) is 5.32 Å². The highest BCUT2D eigenvalue weighted by molar-refractivity contribution is 5.94. The van der Waals surface area contributed by atoms with Gasteiger partial charge in [-0.25, -0.2) is 0 Å². The first-order valence-corrected chi connectivity index (χ1v) is 6.33. The van der Waals surface area contributed by atoms with Crippen molar-refractivity contribution in [1.29, 1.82) is 0 Å². The molecule has 4 nitrogen and oxygen atoms in total. The van der Waals surface area contributed by atoms with Crippen molar-refractivity contribution >= 4 is 5.91 Å². The fourth-order valence-electron chi connectivity index (χ4n) is 2.28. The third-order valence-corrected chi connectivity index (χ3v) is 3.34. The highest BCUT2D eigenvalue weighted by atomic mass is 16.5. The number of carbonyl (C=O) groups is 1. The van der Waals surface area contributed by atoms with Crippen molar-refractivity contribution in [2.75, 3.05) is 27.2 Å². The van der Waals surface area contributed by atoms with Crippen LogP contribution in [0.1, 0.15) is 23.2 Å². The molecular formula is C14H20N2O2. The first kappa shape index (κ1) is 12.9. The molecule has 4 heteroatoms. The predicted octanol–water partition coefficient (Wildman–Crippen LogP) is 1.52. The van der Waals surface area contributed by atoms with Gasteiger partial charge in [0.1, 0.15) is 5.75 Å². The van der Waals surface area contributed by atoms with Crippen LogP contribution in [0.4, 0.5) is 0 Å². The van der Waals surface area contributed by atoms with E-state index in [-0.39, 0.29) is 5.91 Å². The van der Waals surface area contributed by atoms with Gasteiger partial charge in [-0.2, -0.15) is 0 Å². The lowest BCUT2D eigenvalue weighted by molar-refractivity contribution is 0.0784. The van der Waals surface area contributed by atoms with Crippen LogP contribution in [0.3, 0.4) is 0 Å². The van der Waals surface area contributed by atoms with Crippen molar-refractivity contribution in [3.8, 4) is 5.75 Å². The number of benzene rings is 1. The summed E-state index contributed by atoms with van der Waals surface area (Å²) in [5.41, 5.74) is 0.705. The molecule has 0 saturated carbocycles. The Bertz CT molecular complexity index is 397. The third-order valence-electron chi connectivity index (χ3n) is 3.34. The van der Waals surface area contributed by atoms with Crippen LogP contribution in [0.25, 0.3) is 0 Å². The molecule has 1 aliphatic heterocycles. The lowest BCUT2D eigenvalue weighted by Crippen LogP contribution is -2.38. The zero-order valence-electron chi connectivity index (χ0n) is 11.0. The molecular weight excluding hydrogens is 228 g/mol. The van der Waals surface area contributed by atoms with Gasteiger partial charge in [0.05, 0.1) is 7.11 Å². The summed E-state index contributed by atoms with van der Waals surface area (Å²) < 4.78 is 5.08. The highest BCUT2D eigenvalue weighted by Crippen LogP contribution is 2.13. The average Bonchev–Trinajstić information content (AvgIpc) is 2.91. The molecule has 1 amide bonds. The van der Waals surface area contributed by atoms with E-state index in [1.54, 1.807) is 24.1 Å². The van der Waals surface area contributed by atoms with E-state index >= 15 is 0 Å². The van der Waals surface area contributed by atoms with Crippen LogP contribution in [0.5, 0.6) is 5.75 Å². The monoisotopic (exact) mass is 248 g/mol. The Morgan fingerprint density at radius 3 is 2.72 bits per heavy atom. The largest absolute Gasteiger partial charge is 0.497 e. The summed E-state index contributed by atoms with van der Waals surface area (Å²) in [4.78, 5) is 14.0. The standard InChI is InChI=1S/C14H20N2O2/c1-16(10-12-4-3-9-15-12)14(17)11-5-7-13(18-2)8-6-11/h5-8,12,15H,3-4,9-10H2,1-2H3. The topological polar surface area (TPSA) is 41.6 Å². The van der Waals surface area contributed by atoms with Gasteiger partial charge >= 0.3 is 0 Å². The Labute approximate surface area is 108 Å². The maximum atomic E-state index is 12.2. The van der Waals surface area contributed by atoms with E-state index in [1.165, 1.54) is 6.42 Å². The zero-order chi connectivity index (χ0) is 13.0. The second-order valence-corrected chi connectivity index (χ2v) is 4.71. The van der Waals surface area contributed by atoms with Crippen molar-refractivity contribution in [2.45, 2.75) is 18.9 Å². The van der Waals surface area contributed by atoms with Crippen LogP contribution < -0.4 is 10.1 Å². The molecule has 1 fully saturated rings. The molecule has 1 aliphatic rings. The van der Waals surface area contributed by atoms with E-state index in [0.717, 1.165) is 25.3 Å². The Morgan fingerprint density at radius 1 is 1.44 bits per heavy atom. The van der Waals surface area contributed by atoms with Crippen LogP contribution >= 0.6 is 0 Å². The minimum absolute atomic E-state index is 0.0614. The second-order valence-electron chi connectivity index (χ2n) is 4.71. The van der Waals surface area contributed by atoms with Crippen molar-refractivity contribution in [2.24, 2.45) is 0 Å². The van der Waals surface area contributed by atoms with Gasteiger partial charge in [-0.05, 0) is 43.7 Å². The molecule has 1 aromatic rings. The second kappa shape index (κ2) is 5.87. The Balaban J connectivity index is 1.95. The van der Waals surface area contributed by atoms with E-state index < -0.39 is 0 Å². The van der Waals surface area contributed by atoms with Crippen molar-refractivity contribution < 1.29 is 9.53 Å². The number of methoxy groups -OCH3 is 1. The van der Waals surface area contributed by atoms with Crippen LogP contribution in [0.15, 0.2) is 24.3 Å². The molecule has 0 radical (unpaired) electrons. The molecule has 1 N–H and O–H groups in total. The van der Waals surface area contributed by atoms with Crippen LogP contribution in [0, 0.1) is 0 Å². The first-order valence-electron chi connectivity index (χ1n) is 6.33. The average molecular weight is 248 g/mol. The molecule has 2 rings (SSSR count). The maximum Gasteiger partial charge on any atom is 0.253 e. The van der Waals surface area contributed by atoms with Gasteiger partial charge < -0.3 is 15.0 Å². The first-order chi connectivity index (χ1) is 8.70. The number of amides is 1. The molecule has 0 spiro atoms. The van der Waals surface area contributed by atoms with E-state index in [1.807, 2.05) is 19.2 Å². The summed E-state index contributed by atoms with van der Waals surface area (Å²) in [5, 5.41) is 3.40. The van der Waals surface area contributed by atoms with Gasteiger partial charge in [0.15, 0.2) is 0 Å². The van der Waals surface area contributed by atoms with E-state index in [9.17, 15) is 4.79 Å². The van der Waals surface area contributed by atoms with Gasteiger partial charge in [0.25, 0.3) is 5.91 Å². The quantitative estimate of drug-likeness (QED) is 0.878. The molecule has 1 heterocycles. The fraction of sp³-hybridized carbons (Fsp3) is 0.500. The number of nitrogens with zero attached hydrogens (tertiary/aromatic N) is 1. The fourth-order valence-corrected chi connectivity index (χ4v) is 2.28. The predicted molar refractivity (Wildman–Crippen MR) is 71.0 cm³/mol. The number of nitrogens with one attached hydrogen (secondary N) is 1. The van der Waals surface area contributed by atoms with Crippen molar-refractivity contribution in [3.05, 3.63) is 29.8 Å². The summed E-state index contributed by atoms with van der Waals surface area (Å²) in [6.07, 6.45) is 2.36. The SMILES string of the molecule is COc1ccc(C(=O)N(C)CC2CCCN2)cc1. The van der Waals surface area contributed by atoms with Gasteiger partial charge in [0.2, 0.25) is 0 Å². The molecule has 0 aliphatic carbocycles. The van der Waals surface area contributed by atoms with Crippen LogP contribution in [-0.2, 0) is 0 Å². The molecule has 0 aromatic heterocycles. The number of ether oxygens (including phenoxy) is 1. The van der Waals surface area contributed by atoms with Crippen LogP contribution in [0.2, 0.25) is 0 Å². The van der Waals surface area contributed by atoms with Gasteiger partial charge in [0, 0.05) is 25.2 Å². The summed E-state index contributed by atoms with van der Waals surface area (Å²) in [5.74, 6) is 0.831. The minimum atomic E-state index is 0.0614. The molecule has 1 atom stereocenters. The Morgan fingerprint density at radius 2 is 2.17 bits per heavy atom. The lowest BCUT2D eigenvalue weighted by atomic mass is 10.1. The van der Waals surface area contributed by atoms with Gasteiger partial charge in [-0.1, -0.05) is 0 Å². The Hall–Kier alpha value is -1.55. The number of rotatable bonds is 4. The number of carbonyl (C=O) groups excluding carboxylic acids is 1. The van der Waals surface area contributed by atoms with Gasteiger partial charge in [-0.15, -0.1) is 0 Å². The normalized spacial score (nSPS) is 18.7. The molecule has 0 bridgehead atoms. The van der Waals surface area contributed by atoms with Crippen molar-refractivity contribution in [3.63, 3.8) is 0 Å². The zero-order valence-corrected chi connectivity index (χ0v) is 11.0. The maximum absolute atomic E-state index is 12.2. The third kappa shape index (κ3) is 3.01. The number of hydrogen-bond acceptors (Lipinski definition) is 3. The number of likely N-dealkylation sites (N-methyl/N-ethyl adjacent to an activating group) is 1. The number of hydrogen-bond donors (Lipinski definition) is 1. The molecule has 1 unspecified atom stereocenters. The summed E-state index contributed by atoms with van der Waals surface area (Å²) in [7, 11) is 3.47. The van der Waals surface area contributed by atoms with E-state index in [0.29, 0.717) is 11.6 Å². The van der Waals surface area contributed by atoms with Crippen molar-refractivity contribution in [1.82, 2.24) is 10.2 Å². The summed E-state index contributed by atoms with van der Waals surface area (Å²) >= 11 is 0. The molecule has 1 saturated heterocycles. The smallest absolute Gasteiger partial charge is 0.253 e. The van der Waals surface area contributed by atoms with Gasteiger partial charge in [-0.3, -0.25) is 4.79 Å². The Kier molecular flexibility index (Phi) is 4.20. The molecule has 1 aromatic carbocycles. The minimum Gasteiger partial charge on any atom is -0.497 e. The molecule has 18 heavy (non-hydrogen) atoms.